The van der Waals surface area contributed by atoms with E-state index in [0.29, 0.717) is 6.04 Å². The predicted molar refractivity (Wildman–Crippen MR) is 98.4 cm³/mol. The highest BCUT2D eigenvalue weighted by molar-refractivity contribution is 5.85. The van der Waals surface area contributed by atoms with Gasteiger partial charge in [0, 0.05) is 18.6 Å². The van der Waals surface area contributed by atoms with E-state index in [1.54, 1.807) is 0 Å². The lowest BCUT2D eigenvalue weighted by atomic mass is 9.92. The molecule has 2 aliphatic heterocycles. The van der Waals surface area contributed by atoms with E-state index in [4.69, 9.17) is 4.74 Å². The van der Waals surface area contributed by atoms with Crippen molar-refractivity contribution < 1.29 is 4.74 Å². The first-order valence-electron chi connectivity index (χ1n) is 9.63. The molecular weight excluding hydrogens is 310 g/mol. The van der Waals surface area contributed by atoms with Crippen molar-refractivity contribution in [3.8, 4) is 0 Å². The maximum Gasteiger partial charge on any atom is 0.0623 e. The van der Waals surface area contributed by atoms with Gasteiger partial charge >= 0.3 is 0 Å². The summed E-state index contributed by atoms with van der Waals surface area (Å²) in [6.07, 6.45) is 8.29. The number of likely N-dealkylation sites (tertiary alicyclic amines) is 1. The third-order valence-corrected chi connectivity index (χ3v) is 6.15. The Morgan fingerprint density at radius 3 is 2.70 bits per heavy atom. The first-order chi connectivity index (χ1) is 10.9. The molecule has 4 nitrogen and oxygen atoms in total. The lowest BCUT2D eigenvalue weighted by Crippen LogP contribution is -2.51. The molecule has 0 aromatic heterocycles. The van der Waals surface area contributed by atoms with Crippen molar-refractivity contribution in [1.29, 1.82) is 0 Å². The van der Waals surface area contributed by atoms with Crippen molar-refractivity contribution >= 4 is 12.4 Å². The van der Waals surface area contributed by atoms with E-state index in [2.05, 4.69) is 22.5 Å². The van der Waals surface area contributed by atoms with Crippen LogP contribution in [0.5, 0.6) is 0 Å². The summed E-state index contributed by atoms with van der Waals surface area (Å²) in [5.41, 5.74) is 0. The van der Waals surface area contributed by atoms with E-state index in [1.807, 2.05) is 0 Å². The van der Waals surface area contributed by atoms with Crippen LogP contribution in [0.1, 0.15) is 45.4 Å². The number of hydrogen-bond donors (Lipinski definition) is 2. The van der Waals surface area contributed by atoms with Crippen molar-refractivity contribution in [2.24, 2.45) is 11.8 Å². The van der Waals surface area contributed by atoms with E-state index in [-0.39, 0.29) is 12.4 Å². The van der Waals surface area contributed by atoms with Crippen molar-refractivity contribution in [2.75, 3.05) is 45.9 Å². The molecule has 2 heterocycles. The Hall–Kier alpha value is 0.130. The Kier molecular flexibility index (Phi) is 8.62. The average molecular weight is 346 g/mol. The van der Waals surface area contributed by atoms with E-state index in [1.165, 1.54) is 64.7 Å². The largest absolute Gasteiger partial charge is 0.379 e. The standard InChI is InChI=1S/C18H35N3O.ClH/c1-2-21-11-7-15(8-12-21)6-9-19-17-5-3-4-16(17)18-14-22-13-10-20-18;/h15-20H,2-14H2,1H3;1H. The maximum absolute atomic E-state index is 5.67. The summed E-state index contributed by atoms with van der Waals surface area (Å²) >= 11 is 0. The number of rotatable bonds is 6. The van der Waals surface area contributed by atoms with Crippen molar-refractivity contribution in [3.05, 3.63) is 0 Å². The van der Waals surface area contributed by atoms with Gasteiger partial charge < -0.3 is 20.3 Å². The molecule has 5 heteroatoms. The molecule has 3 rings (SSSR count). The first kappa shape index (κ1) is 19.5. The summed E-state index contributed by atoms with van der Waals surface area (Å²) in [6, 6.07) is 1.30. The molecule has 0 aromatic rings. The van der Waals surface area contributed by atoms with Crippen LogP contribution in [0.4, 0.5) is 0 Å². The van der Waals surface area contributed by atoms with Gasteiger partial charge in [0.15, 0.2) is 0 Å². The van der Waals surface area contributed by atoms with Gasteiger partial charge in [0.25, 0.3) is 0 Å². The van der Waals surface area contributed by atoms with Crippen LogP contribution in [-0.2, 0) is 4.74 Å². The summed E-state index contributed by atoms with van der Waals surface area (Å²) in [7, 11) is 0. The molecule has 0 radical (unpaired) electrons. The molecule has 0 amide bonds. The number of nitrogens with one attached hydrogen (secondary N) is 2. The Bertz CT molecular complexity index is 317. The van der Waals surface area contributed by atoms with Gasteiger partial charge in [0.05, 0.1) is 13.2 Å². The van der Waals surface area contributed by atoms with Crippen molar-refractivity contribution in [1.82, 2.24) is 15.5 Å². The molecule has 0 bridgehead atoms. The number of halogens is 1. The molecule has 136 valence electrons. The van der Waals surface area contributed by atoms with E-state index in [0.717, 1.165) is 37.6 Å². The molecule has 3 atom stereocenters. The topological polar surface area (TPSA) is 36.5 Å². The minimum Gasteiger partial charge on any atom is -0.379 e. The molecule has 3 aliphatic rings. The van der Waals surface area contributed by atoms with Crippen LogP contribution in [0.3, 0.4) is 0 Å². The smallest absolute Gasteiger partial charge is 0.0623 e. The summed E-state index contributed by atoms with van der Waals surface area (Å²) in [6.45, 7) is 10.2. The zero-order valence-corrected chi connectivity index (χ0v) is 15.6. The van der Waals surface area contributed by atoms with Gasteiger partial charge in [-0.05, 0) is 70.1 Å². The maximum atomic E-state index is 5.67. The summed E-state index contributed by atoms with van der Waals surface area (Å²) in [5.74, 6) is 1.73. The second-order valence-corrected chi connectivity index (χ2v) is 7.46. The third-order valence-electron chi connectivity index (χ3n) is 6.15. The van der Waals surface area contributed by atoms with Crippen LogP contribution in [0.2, 0.25) is 0 Å². The lowest BCUT2D eigenvalue weighted by Gasteiger charge is -2.34. The SMILES string of the molecule is CCN1CCC(CCNC2CCCC2C2COCCN2)CC1.Cl. The lowest BCUT2D eigenvalue weighted by molar-refractivity contribution is 0.0524. The van der Waals surface area contributed by atoms with Gasteiger partial charge in [-0.15, -0.1) is 12.4 Å². The average Bonchev–Trinajstić information content (AvgIpc) is 3.05. The van der Waals surface area contributed by atoms with Gasteiger partial charge in [-0.3, -0.25) is 0 Å². The van der Waals surface area contributed by atoms with Crippen molar-refractivity contribution in [2.45, 2.75) is 57.5 Å². The summed E-state index contributed by atoms with van der Waals surface area (Å²) in [5, 5.41) is 7.56. The highest BCUT2D eigenvalue weighted by Gasteiger charge is 2.34. The zero-order valence-electron chi connectivity index (χ0n) is 14.8. The van der Waals surface area contributed by atoms with Crippen LogP contribution in [0.15, 0.2) is 0 Å². The van der Waals surface area contributed by atoms with E-state index in [9.17, 15) is 0 Å². The molecule has 3 fully saturated rings. The van der Waals surface area contributed by atoms with E-state index >= 15 is 0 Å². The Morgan fingerprint density at radius 1 is 1.17 bits per heavy atom. The quantitative estimate of drug-likeness (QED) is 0.774. The fourth-order valence-electron chi connectivity index (χ4n) is 4.65. The second-order valence-electron chi connectivity index (χ2n) is 7.46. The number of hydrogen-bond acceptors (Lipinski definition) is 4. The minimum atomic E-state index is 0. The molecule has 1 saturated carbocycles. The summed E-state index contributed by atoms with van der Waals surface area (Å²) < 4.78 is 5.67. The Balaban J connectivity index is 0.00000192. The van der Waals surface area contributed by atoms with Crippen LogP contribution in [0, 0.1) is 11.8 Å². The molecule has 2 saturated heterocycles. The monoisotopic (exact) mass is 345 g/mol. The third kappa shape index (κ3) is 5.57. The van der Waals surface area contributed by atoms with Gasteiger partial charge in [-0.2, -0.15) is 0 Å². The van der Waals surface area contributed by atoms with Crippen LogP contribution >= 0.6 is 12.4 Å². The van der Waals surface area contributed by atoms with E-state index < -0.39 is 0 Å². The normalized spacial score (nSPS) is 33.5. The molecular formula is C18H36ClN3O. The molecule has 23 heavy (non-hydrogen) atoms. The molecule has 3 unspecified atom stereocenters. The highest BCUT2D eigenvalue weighted by Crippen LogP contribution is 2.29. The number of piperidine rings is 1. The Labute approximate surface area is 148 Å². The van der Waals surface area contributed by atoms with Crippen LogP contribution in [-0.4, -0.2) is 62.9 Å². The summed E-state index contributed by atoms with van der Waals surface area (Å²) in [4.78, 5) is 2.59. The zero-order chi connectivity index (χ0) is 15.2. The highest BCUT2D eigenvalue weighted by atomic mass is 35.5. The molecule has 0 aromatic carbocycles. The number of nitrogens with zero attached hydrogens (tertiary/aromatic N) is 1. The molecule has 1 aliphatic carbocycles. The van der Waals surface area contributed by atoms with Crippen molar-refractivity contribution in [3.63, 3.8) is 0 Å². The molecule has 2 N–H and O–H groups in total. The van der Waals surface area contributed by atoms with Crippen LogP contribution < -0.4 is 10.6 Å². The molecule has 0 spiro atoms. The van der Waals surface area contributed by atoms with Gasteiger partial charge in [-0.25, -0.2) is 0 Å². The fourth-order valence-corrected chi connectivity index (χ4v) is 4.65. The first-order valence-corrected chi connectivity index (χ1v) is 9.63. The number of morpholine rings is 1. The van der Waals surface area contributed by atoms with Crippen LogP contribution in [0.25, 0.3) is 0 Å². The minimum absolute atomic E-state index is 0. The fraction of sp³-hybridized carbons (Fsp3) is 1.00. The number of ether oxygens (including phenoxy) is 1. The predicted octanol–water partition coefficient (Wildman–Crippen LogP) is 2.28. The van der Waals surface area contributed by atoms with Gasteiger partial charge in [0.1, 0.15) is 0 Å². The Morgan fingerprint density at radius 2 is 2.00 bits per heavy atom. The van der Waals surface area contributed by atoms with Gasteiger partial charge in [0.2, 0.25) is 0 Å². The van der Waals surface area contributed by atoms with Gasteiger partial charge in [-0.1, -0.05) is 13.3 Å². The second kappa shape index (κ2) is 10.2.